The summed E-state index contributed by atoms with van der Waals surface area (Å²) in [5.41, 5.74) is -0.402. The maximum absolute atomic E-state index is 11.8. The molecule has 3 N–H and O–H groups in total. The van der Waals surface area contributed by atoms with Gasteiger partial charge in [-0.15, -0.1) is 0 Å². The monoisotopic (exact) mass is 304 g/mol. The number of carbonyl (C=O) groups is 1. The molecule has 0 bridgehead atoms. The molecule has 1 aromatic heterocycles. The van der Waals surface area contributed by atoms with Gasteiger partial charge in [-0.2, -0.15) is 0 Å². The van der Waals surface area contributed by atoms with Crippen LogP contribution in [0, 0.1) is 0 Å². The van der Waals surface area contributed by atoms with Gasteiger partial charge in [-0.05, 0) is 6.26 Å². The largest absolute Gasteiger partial charge is 0.301 e. The summed E-state index contributed by atoms with van der Waals surface area (Å²) < 4.78 is 22.5. The van der Waals surface area contributed by atoms with Crippen LogP contribution in [0.25, 0.3) is 0 Å². The fourth-order valence-corrected chi connectivity index (χ4v) is 2.89. The van der Waals surface area contributed by atoms with E-state index in [1.807, 2.05) is 0 Å². The number of thioether (sulfide) groups is 1. The van der Waals surface area contributed by atoms with E-state index >= 15 is 0 Å². The van der Waals surface area contributed by atoms with Crippen LogP contribution in [-0.4, -0.2) is 42.3 Å². The quantitative estimate of drug-likeness (QED) is 0.538. The number of sulfonamides is 1. The van der Waals surface area contributed by atoms with Gasteiger partial charge in [0.1, 0.15) is 11.1 Å². The van der Waals surface area contributed by atoms with Gasteiger partial charge in [-0.3, -0.25) is 14.5 Å². The summed E-state index contributed by atoms with van der Waals surface area (Å²) in [6.07, 6.45) is 1.53. The van der Waals surface area contributed by atoms with Crippen molar-refractivity contribution in [2.24, 2.45) is 5.14 Å². The first-order valence-corrected chi connectivity index (χ1v) is 8.12. The lowest BCUT2D eigenvalue weighted by atomic mass is 10.4. The van der Waals surface area contributed by atoms with Gasteiger partial charge in [0, 0.05) is 19.0 Å². The molecule has 0 radical (unpaired) electrons. The Kier molecular flexibility index (Phi) is 3.65. The highest BCUT2D eigenvalue weighted by molar-refractivity contribution is 7.98. The number of carbonyl (C=O) groups excluding carboxylic acids is 1. The second-order valence-corrected chi connectivity index (χ2v) is 6.67. The van der Waals surface area contributed by atoms with Crippen LogP contribution in [0.3, 0.4) is 0 Å². The van der Waals surface area contributed by atoms with Crippen molar-refractivity contribution in [3.05, 3.63) is 16.4 Å². The first kappa shape index (κ1) is 14.0. The van der Waals surface area contributed by atoms with Crippen LogP contribution in [0.2, 0.25) is 0 Å². The molecule has 104 valence electrons. The van der Waals surface area contributed by atoms with E-state index in [9.17, 15) is 18.0 Å². The van der Waals surface area contributed by atoms with E-state index in [1.165, 1.54) is 16.7 Å². The molecule has 1 aliphatic heterocycles. The number of H-pyrrole nitrogens is 1. The van der Waals surface area contributed by atoms with Crippen LogP contribution >= 0.6 is 11.8 Å². The summed E-state index contributed by atoms with van der Waals surface area (Å²) in [5.74, 6) is -0.270. The van der Waals surface area contributed by atoms with Gasteiger partial charge in [0.05, 0.1) is 0 Å². The van der Waals surface area contributed by atoms with Crippen molar-refractivity contribution in [2.75, 3.05) is 17.7 Å². The van der Waals surface area contributed by atoms with E-state index in [0.717, 1.165) is 6.07 Å². The first-order valence-electron chi connectivity index (χ1n) is 5.28. The third-order valence-electron chi connectivity index (χ3n) is 2.73. The number of amides is 1. The number of rotatable bonds is 3. The summed E-state index contributed by atoms with van der Waals surface area (Å²) in [7, 11) is -3.78. The fraction of sp³-hybridized carbons (Fsp3) is 0.444. The number of aromatic nitrogens is 2. The summed E-state index contributed by atoms with van der Waals surface area (Å²) in [4.78, 5) is 31.0. The van der Waals surface area contributed by atoms with E-state index in [0.29, 0.717) is 5.16 Å². The summed E-state index contributed by atoms with van der Waals surface area (Å²) >= 11 is 1.22. The van der Waals surface area contributed by atoms with Crippen LogP contribution in [0.4, 0.5) is 5.82 Å². The molecular weight excluding hydrogens is 292 g/mol. The topological polar surface area (TPSA) is 126 Å². The summed E-state index contributed by atoms with van der Waals surface area (Å²) in [6, 6.07) is 1.16. The van der Waals surface area contributed by atoms with Crippen molar-refractivity contribution < 1.29 is 13.2 Å². The smallest absolute Gasteiger partial charge is 0.253 e. The van der Waals surface area contributed by atoms with Crippen molar-refractivity contribution in [2.45, 2.75) is 16.8 Å². The minimum absolute atomic E-state index is 0.0814. The minimum Gasteiger partial charge on any atom is -0.301 e. The maximum atomic E-state index is 11.8. The lowest BCUT2D eigenvalue weighted by Crippen LogP contribution is -2.33. The molecule has 1 saturated heterocycles. The predicted octanol–water partition coefficient (Wildman–Crippen LogP) is -1.11. The van der Waals surface area contributed by atoms with E-state index in [-0.39, 0.29) is 18.8 Å². The van der Waals surface area contributed by atoms with Crippen LogP contribution in [-0.2, 0) is 14.8 Å². The molecule has 19 heavy (non-hydrogen) atoms. The normalized spacial score (nSPS) is 20.0. The van der Waals surface area contributed by atoms with Crippen LogP contribution in [0.5, 0.6) is 0 Å². The zero-order valence-electron chi connectivity index (χ0n) is 9.99. The zero-order valence-corrected chi connectivity index (χ0v) is 11.6. The number of anilines is 1. The Morgan fingerprint density at radius 1 is 1.53 bits per heavy atom. The van der Waals surface area contributed by atoms with E-state index < -0.39 is 26.7 Å². The molecule has 1 unspecified atom stereocenters. The summed E-state index contributed by atoms with van der Waals surface area (Å²) in [5, 5.41) is 4.43. The molecular formula is C9H12N4O4S2. The maximum Gasteiger partial charge on any atom is 0.253 e. The second kappa shape index (κ2) is 4.94. The van der Waals surface area contributed by atoms with Crippen molar-refractivity contribution in [3.63, 3.8) is 0 Å². The molecule has 0 spiro atoms. The van der Waals surface area contributed by atoms with E-state index in [2.05, 4.69) is 9.97 Å². The standard InChI is InChI=1S/C9H12N4O4S2/c1-18-9-11-6(3-7(14)12-9)13-4-5(2-8(13)15)19(10,16)17/h3,5H,2,4H2,1H3,(H2,10,16,17)(H,11,12,14). The number of hydrogen-bond donors (Lipinski definition) is 2. The van der Waals surface area contributed by atoms with Gasteiger partial charge < -0.3 is 4.98 Å². The number of primary sulfonamides is 1. The lowest BCUT2D eigenvalue weighted by Gasteiger charge is -2.15. The van der Waals surface area contributed by atoms with Crippen molar-refractivity contribution in [3.8, 4) is 0 Å². The van der Waals surface area contributed by atoms with Gasteiger partial charge in [0.25, 0.3) is 5.56 Å². The molecule has 1 amide bonds. The van der Waals surface area contributed by atoms with Crippen LogP contribution in [0.15, 0.2) is 16.0 Å². The second-order valence-electron chi connectivity index (χ2n) is 4.03. The fourth-order valence-electron chi connectivity index (χ4n) is 1.77. The molecule has 2 rings (SSSR count). The molecule has 0 aromatic carbocycles. The molecule has 1 aliphatic rings. The van der Waals surface area contributed by atoms with Crippen LogP contribution in [0.1, 0.15) is 6.42 Å². The Balaban J connectivity index is 2.36. The van der Waals surface area contributed by atoms with Crippen LogP contribution < -0.4 is 15.6 Å². The number of hydrogen-bond acceptors (Lipinski definition) is 6. The molecule has 0 saturated carbocycles. The van der Waals surface area contributed by atoms with Gasteiger partial charge >= 0.3 is 0 Å². The first-order chi connectivity index (χ1) is 8.81. The van der Waals surface area contributed by atoms with E-state index in [4.69, 9.17) is 5.14 Å². The molecule has 10 heteroatoms. The van der Waals surface area contributed by atoms with Crippen molar-refractivity contribution >= 4 is 33.5 Å². The average molecular weight is 304 g/mol. The molecule has 2 heterocycles. The van der Waals surface area contributed by atoms with Gasteiger partial charge in [-0.25, -0.2) is 18.5 Å². The highest BCUT2D eigenvalue weighted by Gasteiger charge is 2.37. The minimum atomic E-state index is -3.78. The SMILES string of the molecule is CSc1nc(N2CC(S(N)(=O)=O)CC2=O)cc(=O)[nH]1. The average Bonchev–Trinajstić information content (AvgIpc) is 2.70. The molecule has 8 nitrogen and oxygen atoms in total. The molecule has 1 atom stereocenters. The summed E-state index contributed by atoms with van der Waals surface area (Å²) in [6.45, 7) is -0.0814. The van der Waals surface area contributed by atoms with Crippen molar-refractivity contribution in [1.82, 2.24) is 9.97 Å². The molecule has 1 fully saturated rings. The predicted molar refractivity (Wildman–Crippen MR) is 70.5 cm³/mol. The number of aromatic amines is 1. The third-order valence-corrected chi connectivity index (χ3v) is 4.56. The number of nitrogens with zero attached hydrogens (tertiary/aromatic N) is 2. The van der Waals surface area contributed by atoms with Gasteiger partial charge in [-0.1, -0.05) is 11.8 Å². The van der Waals surface area contributed by atoms with E-state index in [1.54, 1.807) is 6.26 Å². The zero-order chi connectivity index (χ0) is 14.2. The van der Waals surface area contributed by atoms with Crippen molar-refractivity contribution in [1.29, 1.82) is 0 Å². The number of nitrogens with one attached hydrogen (secondary N) is 1. The Bertz CT molecular complexity index is 669. The Morgan fingerprint density at radius 2 is 2.21 bits per heavy atom. The number of nitrogens with two attached hydrogens (primary N) is 1. The highest BCUT2D eigenvalue weighted by Crippen LogP contribution is 2.22. The highest BCUT2D eigenvalue weighted by atomic mass is 32.2. The molecule has 1 aromatic rings. The Morgan fingerprint density at radius 3 is 2.74 bits per heavy atom. The molecule has 0 aliphatic carbocycles. The third kappa shape index (κ3) is 2.96. The lowest BCUT2D eigenvalue weighted by molar-refractivity contribution is -0.117. The van der Waals surface area contributed by atoms with Gasteiger partial charge in [0.15, 0.2) is 5.16 Å². The van der Waals surface area contributed by atoms with Gasteiger partial charge in [0.2, 0.25) is 15.9 Å². The Labute approximate surface area is 113 Å². The Hall–Kier alpha value is -1.39.